The van der Waals surface area contributed by atoms with Crippen molar-refractivity contribution < 1.29 is 5.11 Å². The highest BCUT2D eigenvalue weighted by Crippen LogP contribution is 2.59. The van der Waals surface area contributed by atoms with Crippen LogP contribution in [-0.2, 0) is 0 Å². The molecule has 2 aliphatic rings. The van der Waals surface area contributed by atoms with Crippen LogP contribution in [0.2, 0.25) is 0 Å². The first-order valence-corrected chi connectivity index (χ1v) is 4.96. The first-order valence-electron chi connectivity index (χ1n) is 4.96. The summed E-state index contributed by atoms with van der Waals surface area (Å²) in [6, 6.07) is 0. The Bertz CT molecular complexity index is 194. The maximum absolute atomic E-state index is 9.73. The number of aliphatic hydroxyl groups excluding tert-OH is 1. The van der Waals surface area contributed by atoms with Gasteiger partial charge in [0.25, 0.3) is 0 Å². The molecule has 0 spiro atoms. The minimum atomic E-state index is -0.101. The standard InChI is InChI=1S/C11H16O/c1-2-3-7-10(12)11-8-5-4-6-9(8)11/h1,8-12H,3-7H2. The van der Waals surface area contributed by atoms with Crippen LogP contribution in [-0.4, -0.2) is 11.2 Å². The number of fused-ring (bicyclic) bond motifs is 1. The maximum atomic E-state index is 9.73. The average Bonchev–Trinajstić information content (AvgIpc) is 2.56. The number of hydrogen-bond donors (Lipinski definition) is 1. The Balaban J connectivity index is 1.77. The number of rotatable bonds is 3. The molecule has 0 aromatic carbocycles. The lowest BCUT2D eigenvalue weighted by Crippen LogP contribution is -2.12. The monoisotopic (exact) mass is 164 g/mol. The molecule has 0 aromatic heterocycles. The molecular formula is C11H16O. The highest BCUT2D eigenvalue weighted by atomic mass is 16.3. The summed E-state index contributed by atoms with van der Waals surface area (Å²) in [5, 5.41) is 9.73. The lowest BCUT2D eigenvalue weighted by Gasteiger charge is -2.09. The van der Waals surface area contributed by atoms with Crippen molar-refractivity contribution in [3.63, 3.8) is 0 Å². The van der Waals surface area contributed by atoms with Crippen molar-refractivity contribution in [3.8, 4) is 12.3 Å². The minimum absolute atomic E-state index is 0.101. The van der Waals surface area contributed by atoms with E-state index in [0.29, 0.717) is 5.92 Å². The fourth-order valence-corrected chi connectivity index (χ4v) is 2.87. The molecule has 1 N–H and O–H groups in total. The van der Waals surface area contributed by atoms with Gasteiger partial charge in [0.05, 0.1) is 6.10 Å². The van der Waals surface area contributed by atoms with Gasteiger partial charge in [0.15, 0.2) is 0 Å². The molecule has 0 radical (unpaired) electrons. The van der Waals surface area contributed by atoms with Gasteiger partial charge in [-0.3, -0.25) is 0 Å². The van der Waals surface area contributed by atoms with E-state index < -0.39 is 0 Å². The molecule has 0 aromatic rings. The molecule has 0 bridgehead atoms. The van der Waals surface area contributed by atoms with Crippen molar-refractivity contribution >= 4 is 0 Å². The van der Waals surface area contributed by atoms with Crippen LogP contribution >= 0.6 is 0 Å². The Kier molecular flexibility index (Phi) is 2.11. The molecule has 2 saturated carbocycles. The van der Waals surface area contributed by atoms with Crippen LogP contribution in [0.15, 0.2) is 0 Å². The largest absolute Gasteiger partial charge is 0.393 e. The van der Waals surface area contributed by atoms with Crippen molar-refractivity contribution in [1.29, 1.82) is 0 Å². The van der Waals surface area contributed by atoms with E-state index in [-0.39, 0.29) is 6.10 Å². The molecule has 0 heterocycles. The van der Waals surface area contributed by atoms with Crippen molar-refractivity contribution in [2.75, 3.05) is 0 Å². The van der Waals surface area contributed by atoms with Crippen LogP contribution in [0, 0.1) is 30.1 Å². The van der Waals surface area contributed by atoms with Gasteiger partial charge in [0, 0.05) is 6.42 Å². The van der Waals surface area contributed by atoms with Gasteiger partial charge in [-0.2, -0.15) is 0 Å². The van der Waals surface area contributed by atoms with Crippen molar-refractivity contribution in [2.45, 2.75) is 38.2 Å². The normalized spacial score (nSPS) is 40.2. The first kappa shape index (κ1) is 8.13. The van der Waals surface area contributed by atoms with Crippen molar-refractivity contribution in [1.82, 2.24) is 0 Å². The molecule has 0 aliphatic heterocycles. The van der Waals surface area contributed by atoms with Gasteiger partial charge >= 0.3 is 0 Å². The Hall–Kier alpha value is -0.480. The van der Waals surface area contributed by atoms with Gasteiger partial charge in [-0.1, -0.05) is 6.42 Å². The van der Waals surface area contributed by atoms with E-state index in [1.165, 1.54) is 19.3 Å². The molecule has 3 atom stereocenters. The van der Waals surface area contributed by atoms with Gasteiger partial charge in [-0.05, 0) is 37.0 Å². The molecule has 2 aliphatic carbocycles. The summed E-state index contributed by atoms with van der Waals surface area (Å²) in [6.07, 6.45) is 10.7. The first-order chi connectivity index (χ1) is 5.84. The number of terminal acetylenes is 1. The third kappa shape index (κ3) is 1.25. The van der Waals surface area contributed by atoms with Crippen LogP contribution in [0.25, 0.3) is 0 Å². The molecule has 0 saturated heterocycles. The zero-order chi connectivity index (χ0) is 8.55. The van der Waals surface area contributed by atoms with Crippen LogP contribution in [0.1, 0.15) is 32.1 Å². The summed E-state index contributed by atoms with van der Waals surface area (Å²) in [7, 11) is 0. The predicted molar refractivity (Wildman–Crippen MR) is 48.4 cm³/mol. The van der Waals surface area contributed by atoms with E-state index in [1.807, 2.05) is 0 Å². The molecule has 1 nitrogen and oxygen atoms in total. The Morgan fingerprint density at radius 1 is 1.42 bits per heavy atom. The second-order valence-electron chi connectivity index (χ2n) is 4.15. The zero-order valence-corrected chi connectivity index (χ0v) is 7.37. The lowest BCUT2D eigenvalue weighted by atomic mass is 10.0. The number of aliphatic hydroxyl groups is 1. The van der Waals surface area contributed by atoms with Crippen LogP contribution in [0.3, 0.4) is 0 Å². The smallest absolute Gasteiger partial charge is 0.0583 e. The Labute approximate surface area is 74.2 Å². The molecular weight excluding hydrogens is 148 g/mol. The van der Waals surface area contributed by atoms with Gasteiger partial charge in [-0.15, -0.1) is 12.3 Å². The predicted octanol–water partition coefficient (Wildman–Crippen LogP) is 1.81. The summed E-state index contributed by atoms with van der Waals surface area (Å²) in [4.78, 5) is 0. The van der Waals surface area contributed by atoms with E-state index >= 15 is 0 Å². The fourth-order valence-electron chi connectivity index (χ4n) is 2.87. The molecule has 2 fully saturated rings. The summed E-state index contributed by atoms with van der Waals surface area (Å²) >= 11 is 0. The molecule has 66 valence electrons. The summed E-state index contributed by atoms with van der Waals surface area (Å²) in [5.74, 6) is 4.92. The van der Waals surface area contributed by atoms with Gasteiger partial charge in [0.1, 0.15) is 0 Å². The maximum Gasteiger partial charge on any atom is 0.0583 e. The van der Waals surface area contributed by atoms with Crippen LogP contribution in [0.4, 0.5) is 0 Å². The second kappa shape index (κ2) is 3.11. The average molecular weight is 164 g/mol. The summed E-state index contributed by atoms with van der Waals surface area (Å²) in [5.41, 5.74) is 0. The quantitative estimate of drug-likeness (QED) is 0.631. The number of hydrogen-bond acceptors (Lipinski definition) is 1. The van der Waals surface area contributed by atoms with E-state index in [1.54, 1.807) is 0 Å². The second-order valence-corrected chi connectivity index (χ2v) is 4.15. The zero-order valence-electron chi connectivity index (χ0n) is 7.37. The van der Waals surface area contributed by atoms with E-state index in [2.05, 4.69) is 5.92 Å². The van der Waals surface area contributed by atoms with Gasteiger partial charge < -0.3 is 5.11 Å². The Morgan fingerprint density at radius 2 is 2.08 bits per heavy atom. The highest BCUT2D eigenvalue weighted by Gasteiger charge is 2.55. The van der Waals surface area contributed by atoms with E-state index in [0.717, 1.165) is 24.7 Å². The van der Waals surface area contributed by atoms with Gasteiger partial charge in [0.2, 0.25) is 0 Å². The summed E-state index contributed by atoms with van der Waals surface area (Å²) < 4.78 is 0. The lowest BCUT2D eigenvalue weighted by molar-refractivity contribution is 0.128. The van der Waals surface area contributed by atoms with E-state index in [9.17, 15) is 5.11 Å². The van der Waals surface area contributed by atoms with Crippen molar-refractivity contribution in [3.05, 3.63) is 0 Å². The van der Waals surface area contributed by atoms with Crippen molar-refractivity contribution in [2.24, 2.45) is 17.8 Å². The topological polar surface area (TPSA) is 20.2 Å². The fraction of sp³-hybridized carbons (Fsp3) is 0.818. The minimum Gasteiger partial charge on any atom is -0.393 e. The molecule has 1 heteroatoms. The highest BCUT2D eigenvalue weighted by molar-refractivity contribution is 5.04. The van der Waals surface area contributed by atoms with Crippen LogP contribution < -0.4 is 0 Å². The van der Waals surface area contributed by atoms with Gasteiger partial charge in [-0.25, -0.2) is 0 Å². The molecule has 3 unspecified atom stereocenters. The molecule has 2 rings (SSSR count). The van der Waals surface area contributed by atoms with E-state index in [4.69, 9.17) is 6.42 Å². The Morgan fingerprint density at radius 3 is 2.67 bits per heavy atom. The third-order valence-electron chi connectivity index (χ3n) is 3.50. The van der Waals surface area contributed by atoms with Crippen LogP contribution in [0.5, 0.6) is 0 Å². The molecule has 12 heavy (non-hydrogen) atoms. The third-order valence-corrected chi connectivity index (χ3v) is 3.50. The molecule has 0 amide bonds. The SMILES string of the molecule is C#CCCC(O)C1C2CCCC21. The summed E-state index contributed by atoms with van der Waals surface area (Å²) in [6.45, 7) is 0.